The minimum absolute atomic E-state index is 0.159. The number of amides is 2. The van der Waals surface area contributed by atoms with Gasteiger partial charge in [0.25, 0.3) is 5.91 Å². The molecule has 0 saturated heterocycles. The Labute approximate surface area is 172 Å². The fraction of sp³-hybridized carbons (Fsp3) is 0.182. The highest BCUT2D eigenvalue weighted by atomic mass is 32.1. The van der Waals surface area contributed by atoms with Gasteiger partial charge in [-0.15, -0.1) is 11.3 Å². The van der Waals surface area contributed by atoms with E-state index in [0.717, 1.165) is 27.5 Å². The van der Waals surface area contributed by atoms with Crippen molar-refractivity contribution < 1.29 is 19.1 Å². The molecule has 0 unspecified atom stereocenters. The van der Waals surface area contributed by atoms with Crippen LogP contribution in [0.4, 0.5) is 11.4 Å². The summed E-state index contributed by atoms with van der Waals surface area (Å²) in [6.45, 7) is 4.44. The van der Waals surface area contributed by atoms with Crippen LogP contribution in [0.15, 0.2) is 48.5 Å². The van der Waals surface area contributed by atoms with Gasteiger partial charge in [-0.05, 0) is 60.5 Å². The molecule has 2 N–H and O–H groups in total. The molecule has 1 aliphatic heterocycles. The topological polar surface area (TPSA) is 76.7 Å². The van der Waals surface area contributed by atoms with E-state index < -0.39 is 0 Å². The average molecular weight is 408 g/mol. The van der Waals surface area contributed by atoms with Crippen molar-refractivity contribution in [3.8, 4) is 21.9 Å². The Balaban J connectivity index is 1.53. The van der Waals surface area contributed by atoms with Crippen LogP contribution in [0.5, 0.6) is 11.5 Å². The predicted octanol–water partition coefficient (Wildman–Crippen LogP) is 4.71. The highest BCUT2D eigenvalue weighted by Gasteiger charge is 2.16. The number of benzene rings is 2. The molecule has 148 valence electrons. The summed E-state index contributed by atoms with van der Waals surface area (Å²) in [6.07, 6.45) is 0. The molecule has 0 saturated carbocycles. The molecule has 3 aromatic rings. The third-order valence-electron chi connectivity index (χ3n) is 4.46. The van der Waals surface area contributed by atoms with Crippen molar-refractivity contribution in [2.75, 3.05) is 23.8 Å². The maximum atomic E-state index is 12.7. The number of hydrogen-bond donors (Lipinski definition) is 2. The Hall–Kier alpha value is -3.32. The average Bonchev–Trinajstić information content (AvgIpc) is 3.20. The van der Waals surface area contributed by atoms with Gasteiger partial charge in [-0.3, -0.25) is 9.59 Å². The molecular formula is C22H20N2O4S. The van der Waals surface area contributed by atoms with Crippen LogP contribution in [-0.4, -0.2) is 25.0 Å². The first kappa shape index (κ1) is 19.0. The number of hydrogen-bond acceptors (Lipinski definition) is 5. The number of anilines is 2. The number of carbonyl (C=O) groups is 2. The number of carbonyl (C=O) groups excluding carboxylic acids is 2. The molecule has 0 fully saturated rings. The molecule has 29 heavy (non-hydrogen) atoms. The summed E-state index contributed by atoms with van der Waals surface area (Å²) in [5.74, 6) is 1.11. The quantitative estimate of drug-likeness (QED) is 0.656. The molecule has 0 spiro atoms. The SMILES string of the molecule is CC(=O)Nc1ccc(C)c(NC(=O)c2ccc(-c3ccc4c(c3)OCCO4)s2)c1. The van der Waals surface area contributed by atoms with Gasteiger partial charge >= 0.3 is 0 Å². The van der Waals surface area contributed by atoms with Crippen LogP contribution >= 0.6 is 11.3 Å². The lowest BCUT2D eigenvalue weighted by Gasteiger charge is -2.18. The van der Waals surface area contributed by atoms with E-state index in [2.05, 4.69) is 10.6 Å². The summed E-state index contributed by atoms with van der Waals surface area (Å²) in [5, 5.41) is 5.66. The lowest BCUT2D eigenvalue weighted by Crippen LogP contribution is -2.15. The standard InChI is InChI=1S/C22H20N2O4S/c1-13-3-5-16(23-14(2)25)12-17(13)24-22(26)21-8-7-20(29-21)15-4-6-18-19(11-15)28-10-9-27-18/h3-8,11-12H,9-10H2,1-2H3,(H,23,25)(H,24,26). The number of ether oxygens (including phenoxy) is 2. The zero-order valence-corrected chi connectivity index (χ0v) is 16.9. The van der Waals surface area contributed by atoms with Crippen molar-refractivity contribution in [1.29, 1.82) is 0 Å². The predicted molar refractivity (Wildman–Crippen MR) is 114 cm³/mol. The Bertz CT molecular complexity index is 1090. The molecular weight excluding hydrogens is 388 g/mol. The minimum Gasteiger partial charge on any atom is -0.486 e. The van der Waals surface area contributed by atoms with Crippen LogP contribution in [0.25, 0.3) is 10.4 Å². The Morgan fingerprint density at radius 1 is 0.931 bits per heavy atom. The number of aryl methyl sites for hydroxylation is 1. The van der Waals surface area contributed by atoms with E-state index in [1.807, 2.05) is 37.3 Å². The maximum absolute atomic E-state index is 12.7. The van der Waals surface area contributed by atoms with Crippen molar-refractivity contribution >= 4 is 34.5 Å². The number of rotatable bonds is 4. The Kier molecular flexibility index (Phi) is 5.22. The third-order valence-corrected chi connectivity index (χ3v) is 5.60. The van der Waals surface area contributed by atoms with Crippen LogP contribution in [-0.2, 0) is 4.79 Å². The molecule has 7 heteroatoms. The molecule has 2 heterocycles. The van der Waals surface area contributed by atoms with Gasteiger partial charge in [-0.25, -0.2) is 0 Å². The Morgan fingerprint density at radius 3 is 2.52 bits per heavy atom. The first-order valence-corrected chi connectivity index (χ1v) is 10.0. The van der Waals surface area contributed by atoms with Crippen molar-refractivity contribution in [2.24, 2.45) is 0 Å². The van der Waals surface area contributed by atoms with Gasteiger partial charge < -0.3 is 20.1 Å². The van der Waals surface area contributed by atoms with Gasteiger partial charge in [0.05, 0.1) is 4.88 Å². The molecule has 0 bridgehead atoms. The fourth-order valence-corrected chi connectivity index (χ4v) is 3.93. The van der Waals surface area contributed by atoms with E-state index in [1.54, 1.807) is 18.2 Å². The van der Waals surface area contributed by atoms with Crippen molar-refractivity contribution in [3.63, 3.8) is 0 Å². The summed E-state index contributed by atoms with van der Waals surface area (Å²) in [6, 6.07) is 14.9. The summed E-state index contributed by atoms with van der Waals surface area (Å²) < 4.78 is 11.2. The fourth-order valence-electron chi connectivity index (χ4n) is 3.03. The van der Waals surface area contributed by atoms with Crippen LogP contribution in [0, 0.1) is 6.92 Å². The third kappa shape index (κ3) is 4.25. The van der Waals surface area contributed by atoms with E-state index >= 15 is 0 Å². The molecule has 2 aromatic carbocycles. The van der Waals surface area contributed by atoms with Gasteiger partial charge in [-0.1, -0.05) is 6.07 Å². The molecule has 2 amide bonds. The minimum atomic E-state index is -0.193. The van der Waals surface area contributed by atoms with Gasteiger partial charge in [0.1, 0.15) is 13.2 Å². The molecule has 6 nitrogen and oxygen atoms in total. The Morgan fingerprint density at radius 2 is 1.72 bits per heavy atom. The van der Waals surface area contributed by atoms with Crippen molar-refractivity contribution in [3.05, 3.63) is 59.0 Å². The lowest BCUT2D eigenvalue weighted by molar-refractivity contribution is -0.114. The second-order valence-corrected chi connectivity index (χ2v) is 7.77. The van der Waals surface area contributed by atoms with Crippen molar-refractivity contribution in [1.82, 2.24) is 0 Å². The van der Waals surface area contributed by atoms with E-state index in [-0.39, 0.29) is 11.8 Å². The molecule has 0 aliphatic carbocycles. The highest BCUT2D eigenvalue weighted by molar-refractivity contribution is 7.17. The highest BCUT2D eigenvalue weighted by Crippen LogP contribution is 2.37. The zero-order chi connectivity index (χ0) is 20.4. The summed E-state index contributed by atoms with van der Waals surface area (Å²) >= 11 is 1.41. The van der Waals surface area contributed by atoms with E-state index in [9.17, 15) is 9.59 Å². The second kappa shape index (κ2) is 7.97. The maximum Gasteiger partial charge on any atom is 0.265 e. The molecule has 1 aliphatic rings. The van der Waals surface area contributed by atoms with Crippen LogP contribution in [0.1, 0.15) is 22.2 Å². The molecule has 0 atom stereocenters. The van der Waals surface area contributed by atoms with Crippen LogP contribution < -0.4 is 20.1 Å². The smallest absolute Gasteiger partial charge is 0.265 e. The summed E-state index contributed by atoms with van der Waals surface area (Å²) in [7, 11) is 0. The zero-order valence-electron chi connectivity index (χ0n) is 16.1. The van der Waals surface area contributed by atoms with Gasteiger partial charge in [0, 0.05) is 23.2 Å². The van der Waals surface area contributed by atoms with E-state index in [0.29, 0.717) is 29.5 Å². The van der Waals surface area contributed by atoms with E-state index in [1.165, 1.54) is 18.3 Å². The molecule has 4 rings (SSSR count). The number of thiophene rings is 1. The normalized spacial score (nSPS) is 12.3. The number of fused-ring (bicyclic) bond motifs is 1. The van der Waals surface area contributed by atoms with Crippen molar-refractivity contribution in [2.45, 2.75) is 13.8 Å². The van der Waals surface area contributed by atoms with Crippen LogP contribution in [0.3, 0.4) is 0 Å². The molecule has 0 radical (unpaired) electrons. The second-order valence-electron chi connectivity index (χ2n) is 6.69. The largest absolute Gasteiger partial charge is 0.486 e. The van der Waals surface area contributed by atoms with Gasteiger partial charge in [0.15, 0.2) is 11.5 Å². The van der Waals surface area contributed by atoms with E-state index in [4.69, 9.17) is 9.47 Å². The number of nitrogens with one attached hydrogen (secondary N) is 2. The molecule has 1 aromatic heterocycles. The van der Waals surface area contributed by atoms with Gasteiger partial charge in [0.2, 0.25) is 5.91 Å². The monoisotopic (exact) mass is 408 g/mol. The summed E-state index contributed by atoms with van der Waals surface area (Å²) in [4.78, 5) is 25.6. The first-order valence-electron chi connectivity index (χ1n) is 9.19. The van der Waals surface area contributed by atoms with Crippen LogP contribution in [0.2, 0.25) is 0 Å². The summed E-state index contributed by atoms with van der Waals surface area (Å²) in [5.41, 5.74) is 3.19. The lowest BCUT2D eigenvalue weighted by atomic mass is 10.1. The van der Waals surface area contributed by atoms with Gasteiger partial charge in [-0.2, -0.15) is 0 Å². The first-order chi connectivity index (χ1) is 14.0.